The van der Waals surface area contributed by atoms with Crippen LogP contribution in [0, 0.1) is 0 Å². The van der Waals surface area contributed by atoms with Crippen LogP contribution >= 0.6 is 0 Å². The van der Waals surface area contributed by atoms with Crippen LogP contribution in [-0.2, 0) is 14.3 Å². The fourth-order valence-electron chi connectivity index (χ4n) is 2.86. The topological polar surface area (TPSA) is 57.7 Å². The number of Topliss-reactive ketones (excluding diaryl/α,β-unsaturated/α-hetero) is 1. The molecule has 5 nitrogen and oxygen atoms in total. The number of fused-ring (bicyclic) bond motifs is 1. The molecule has 1 saturated heterocycles. The Morgan fingerprint density at radius 3 is 2.95 bits per heavy atom. The van der Waals surface area contributed by atoms with Crippen molar-refractivity contribution in [3.8, 4) is 5.88 Å². The lowest BCUT2D eigenvalue weighted by atomic mass is 9.96. The maximum Gasteiger partial charge on any atom is 0.213 e. The molecule has 3 rings (SSSR count). The zero-order valence-corrected chi connectivity index (χ0v) is 11.3. The molecule has 5 heteroatoms. The lowest BCUT2D eigenvalue weighted by Crippen LogP contribution is -2.25. The summed E-state index contributed by atoms with van der Waals surface area (Å²) in [5.74, 6) is -0.0278. The lowest BCUT2D eigenvalue weighted by molar-refractivity contribution is -0.160. The molecule has 0 aromatic carbocycles. The molecule has 0 radical (unpaired) electrons. The number of rotatable bonds is 2. The lowest BCUT2D eigenvalue weighted by Gasteiger charge is -2.21. The van der Waals surface area contributed by atoms with Gasteiger partial charge in [0, 0.05) is 24.6 Å². The molecule has 19 heavy (non-hydrogen) atoms. The van der Waals surface area contributed by atoms with Crippen molar-refractivity contribution in [2.24, 2.45) is 0 Å². The second-order valence-corrected chi connectivity index (χ2v) is 5.43. The Balaban J connectivity index is 1.91. The van der Waals surface area contributed by atoms with Gasteiger partial charge in [-0.25, -0.2) is 4.98 Å². The SMILES string of the molecule is COc1cc([C@H]2CC(=O)[C@@H]3OC(C)(C)O[C@H]23)ccn1. The molecule has 1 aliphatic carbocycles. The standard InChI is InChI=1S/C14H17NO4/c1-14(2)18-12-9(7-10(16)13(12)19-14)8-4-5-15-11(6-8)17-3/h4-6,9,12-13H,7H2,1-3H3/t9-,12-,13+/m1/s1. The summed E-state index contributed by atoms with van der Waals surface area (Å²) in [6.07, 6.45) is 1.47. The molecule has 1 saturated carbocycles. The Bertz CT molecular complexity index is 514. The van der Waals surface area contributed by atoms with Crippen LogP contribution in [0.1, 0.15) is 31.7 Å². The summed E-state index contributed by atoms with van der Waals surface area (Å²) in [4.78, 5) is 16.1. The minimum atomic E-state index is -0.694. The first-order valence-electron chi connectivity index (χ1n) is 6.38. The molecule has 0 bridgehead atoms. The zero-order chi connectivity index (χ0) is 13.6. The first kappa shape index (κ1) is 12.6. The first-order valence-corrected chi connectivity index (χ1v) is 6.38. The Hall–Kier alpha value is -1.46. The van der Waals surface area contributed by atoms with Gasteiger partial charge in [-0.15, -0.1) is 0 Å². The van der Waals surface area contributed by atoms with E-state index in [4.69, 9.17) is 14.2 Å². The van der Waals surface area contributed by atoms with Gasteiger partial charge in [-0.05, 0) is 25.5 Å². The van der Waals surface area contributed by atoms with Crippen molar-refractivity contribution in [2.45, 2.75) is 44.2 Å². The number of hydrogen-bond donors (Lipinski definition) is 0. The fourth-order valence-corrected chi connectivity index (χ4v) is 2.86. The van der Waals surface area contributed by atoms with E-state index in [0.29, 0.717) is 12.3 Å². The van der Waals surface area contributed by atoms with E-state index < -0.39 is 11.9 Å². The van der Waals surface area contributed by atoms with Crippen LogP contribution in [0.5, 0.6) is 5.88 Å². The van der Waals surface area contributed by atoms with Gasteiger partial charge in [0.25, 0.3) is 0 Å². The normalized spacial score (nSPS) is 32.4. The molecule has 1 aromatic heterocycles. The van der Waals surface area contributed by atoms with Gasteiger partial charge in [0.2, 0.25) is 5.88 Å². The van der Waals surface area contributed by atoms with Crippen molar-refractivity contribution in [2.75, 3.05) is 7.11 Å². The highest BCUT2D eigenvalue weighted by atomic mass is 16.8. The molecule has 2 aliphatic rings. The Morgan fingerprint density at radius 1 is 1.42 bits per heavy atom. The minimum Gasteiger partial charge on any atom is -0.481 e. The highest BCUT2D eigenvalue weighted by Gasteiger charge is 2.54. The van der Waals surface area contributed by atoms with E-state index in [0.717, 1.165) is 5.56 Å². The van der Waals surface area contributed by atoms with Crippen LogP contribution in [0.25, 0.3) is 0 Å². The van der Waals surface area contributed by atoms with Gasteiger partial charge in [-0.1, -0.05) is 0 Å². The van der Waals surface area contributed by atoms with Crippen molar-refractivity contribution >= 4 is 5.78 Å². The van der Waals surface area contributed by atoms with Crippen molar-refractivity contribution in [3.05, 3.63) is 23.9 Å². The monoisotopic (exact) mass is 263 g/mol. The third-order valence-electron chi connectivity index (χ3n) is 3.66. The van der Waals surface area contributed by atoms with Crippen molar-refractivity contribution in [1.82, 2.24) is 4.98 Å². The Labute approximate surface area is 111 Å². The summed E-state index contributed by atoms with van der Waals surface area (Å²) < 4.78 is 16.7. The predicted molar refractivity (Wildman–Crippen MR) is 67.0 cm³/mol. The number of hydrogen-bond acceptors (Lipinski definition) is 5. The molecule has 1 aromatic rings. The molecule has 1 aliphatic heterocycles. The average molecular weight is 263 g/mol. The average Bonchev–Trinajstić information content (AvgIpc) is 2.85. The number of ether oxygens (including phenoxy) is 3. The summed E-state index contributed by atoms with van der Waals surface area (Å²) in [5.41, 5.74) is 1.01. The smallest absolute Gasteiger partial charge is 0.213 e. The van der Waals surface area contributed by atoms with Gasteiger partial charge in [0.15, 0.2) is 11.6 Å². The summed E-state index contributed by atoms with van der Waals surface area (Å²) in [6, 6.07) is 3.76. The van der Waals surface area contributed by atoms with E-state index in [1.54, 1.807) is 13.3 Å². The molecule has 0 N–H and O–H groups in total. The van der Waals surface area contributed by atoms with E-state index in [1.807, 2.05) is 26.0 Å². The van der Waals surface area contributed by atoms with Crippen LogP contribution in [0.3, 0.4) is 0 Å². The van der Waals surface area contributed by atoms with Crippen molar-refractivity contribution < 1.29 is 19.0 Å². The van der Waals surface area contributed by atoms with E-state index >= 15 is 0 Å². The number of ketones is 1. The van der Waals surface area contributed by atoms with Gasteiger partial charge < -0.3 is 14.2 Å². The van der Waals surface area contributed by atoms with Gasteiger partial charge in [-0.3, -0.25) is 4.79 Å². The Kier molecular flexibility index (Phi) is 2.83. The number of carbonyl (C=O) groups excluding carboxylic acids is 1. The maximum absolute atomic E-state index is 12.0. The number of methoxy groups -OCH3 is 1. The van der Waals surface area contributed by atoms with Gasteiger partial charge in [-0.2, -0.15) is 0 Å². The quantitative estimate of drug-likeness (QED) is 0.812. The second-order valence-electron chi connectivity index (χ2n) is 5.43. The molecule has 0 spiro atoms. The summed E-state index contributed by atoms with van der Waals surface area (Å²) >= 11 is 0. The number of pyridine rings is 1. The molecule has 0 amide bonds. The molecular weight excluding hydrogens is 246 g/mol. The summed E-state index contributed by atoms with van der Waals surface area (Å²) in [5, 5.41) is 0. The first-order chi connectivity index (χ1) is 9.00. The Morgan fingerprint density at radius 2 is 2.21 bits per heavy atom. The van der Waals surface area contributed by atoms with Gasteiger partial charge in [0.05, 0.1) is 7.11 Å². The van der Waals surface area contributed by atoms with E-state index in [2.05, 4.69) is 4.98 Å². The van der Waals surface area contributed by atoms with E-state index in [9.17, 15) is 4.79 Å². The van der Waals surface area contributed by atoms with Crippen LogP contribution in [-0.4, -0.2) is 35.9 Å². The van der Waals surface area contributed by atoms with Crippen LogP contribution in [0.4, 0.5) is 0 Å². The predicted octanol–water partition coefficient (Wildman–Crippen LogP) is 1.67. The van der Waals surface area contributed by atoms with E-state index in [1.165, 1.54) is 0 Å². The summed E-state index contributed by atoms with van der Waals surface area (Å²) in [6.45, 7) is 3.67. The molecule has 2 fully saturated rings. The fraction of sp³-hybridized carbons (Fsp3) is 0.571. The van der Waals surface area contributed by atoms with Gasteiger partial charge >= 0.3 is 0 Å². The largest absolute Gasteiger partial charge is 0.481 e. The molecule has 2 heterocycles. The van der Waals surface area contributed by atoms with Crippen LogP contribution in [0.2, 0.25) is 0 Å². The minimum absolute atomic E-state index is 0.0103. The highest BCUT2D eigenvalue weighted by Crippen LogP contribution is 2.44. The zero-order valence-electron chi connectivity index (χ0n) is 11.3. The molecule has 3 atom stereocenters. The van der Waals surface area contributed by atoms with Gasteiger partial charge in [0.1, 0.15) is 12.2 Å². The highest BCUT2D eigenvalue weighted by molar-refractivity contribution is 5.88. The summed E-state index contributed by atoms with van der Waals surface area (Å²) in [7, 11) is 1.58. The number of carbonyl (C=O) groups is 1. The molecule has 0 unspecified atom stereocenters. The maximum atomic E-state index is 12.0. The van der Waals surface area contributed by atoms with Crippen LogP contribution < -0.4 is 4.74 Å². The third kappa shape index (κ3) is 2.13. The number of aromatic nitrogens is 1. The number of nitrogens with zero attached hydrogens (tertiary/aromatic N) is 1. The molecule has 102 valence electrons. The third-order valence-corrected chi connectivity index (χ3v) is 3.66. The van der Waals surface area contributed by atoms with Crippen LogP contribution in [0.15, 0.2) is 18.3 Å². The molecular formula is C14H17NO4. The van der Waals surface area contributed by atoms with Crippen molar-refractivity contribution in [1.29, 1.82) is 0 Å². The second kappa shape index (κ2) is 4.28. The van der Waals surface area contributed by atoms with E-state index in [-0.39, 0.29) is 17.8 Å². The van der Waals surface area contributed by atoms with Crippen molar-refractivity contribution in [3.63, 3.8) is 0 Å².